The maximum Gasteiger partial charge on any atom is 0.337 e. The van der Waals surface area contributed by atoms with Gasteiger partial charge in [-0.15, -0.1) is 5.10 Å². The molecule has 1 aromatic heterocycles. The standard InChI is InChI=1S/C16H15N5O2/c1-23-16(22)12-6-5-7-13(10-12)17-11-15-18-19-20-21(15)14-8-3-2-4-9-14/h2-10,17H,11H2,1H3. The molecular formula is C16H15N5O2. The maximum absolute atomic E-state index is 11.6. The van der Waals surface area contributed by atoms with Crippen molar-refractivity contribution in [1.82, 2.24) is 20.2 Å². The van der Waals surface area contributed by atoms with Gasteiger partial charge in [0.25, 0.3) is 0 Å². The molecule has 0 aliphatic rings. The summed E-state index contributed by atoms with van der Waals surface area (Å²) < 4.78 is 6.38. The lowest BCUT2D eigenvalue weighted by Gasteiger charge is -2.08. The van der Waals surface area contributed by atoms with E-state index in [1.54, 1.807) is 22.9 Å². The number of para-hydroxylation sites is 1. The van der Waals surface area contributed by atoms with E-state index in [4.69, 9.17) is 4.74 Å². The molecular weight excluding hydrogens is 294 g/mol. The van der Waals surface area contributed by atoms with Crippen LogP contribution in [0.2, 0.25) is 0 Å². The molecule has 7 nitrogen and oxygen atoms in total. The van der Waals surface area contributed by atoms with E-state index in [1.165, 1.54) is 7.11 Å². The predicted octanol–water partition coefficient (Wildman–Crippen LogP) is 2.06. The molecule has 0 radical (unpaired) electrons. The summed E-state index contributed by atoms with van der Waals surface area (Å²) in [5.74, 6) is 0.294. The van der Waals surface area contributed by atoms with Gasteiger partial charge in [0, 0.05) is 5.69 Å². The lowest BCUT2D eigenvalue weighted by atomic mass is 10.2. The highest BCUT2D eigenvalue weighted by Gasteiger charge is 2.09. The number of hydrogen-bond donors (Lipinski definition) is 1. The van der Waals surface area contributed by atoms with Crippen LogP contribution in [0.15, 0.2) is 54.6 Å². The Bertz CT molecular complexity index is 801. The first-order valence-corrected chi connectivity index (χ1v) is 7.03. The summed E-state index contributed by atoms with van der Waals surface area (Å²) in [5.41, 5.74) is 2.16. The Kier molecular flexibility index (Phi) is 4.28. The van der Waals surface area contributed by atoms with Crippen LogP contribution in [0, 0.1) is 0 Å². The number of ether oxygens (including phenoxy) is 1. The number of methoxy groups -OCH3 is 1. The minimum atomic E-state index is -0.372. The van der Waals surface area contributed by atoms with E-state index in [-0.39, 0.29) is 5.97 Å². The summed E-state index contributed by atoms with van der Waals surface area (Å²) in [6, 6.07) is 16.7. The molecule has 2 aromatic carbocycles. The van der Waals surface area contributed by atoms with Crippen molar-refractivity contribution >= 4 is 11.7 Å². The number of benzene rings is 2. The van der Waals surface area contributed by atoms with Crippen molar-refractivity contribution in [2.75, 3.05) is 12.4 Å². The number of nitrogens with zero attached hydrogens (tertiary/aromatic N) is 4. The first kappa shape index (κ1) is 14.7. The van der Waals surface area contributed by atoms with Crippen LogP contribution in [0.5, 0.6) is 0 Å². The highest BCUT2D eigenvalue weighted by Crippen LogP contribution is 2.13. The zero-order valence-electron chi connectivity index (χ0n) is 12.5. The first-order chi connectivity index (χ1) is 11.3. The van der Waals surface area contributed by atoms with Crippen LogP contribution in [0.1, 0.15) is 16.2 Å². The number of nitrogens with one attached hydrogen (secondary N) is 1. The number of carbonyl (C=O) groups excluding carboxylic acids is 1. The fourth-order valence-corrected chi connectivity index (χ4v) is 2.14. The Labute approximate surface area is 132 Å². The van der Waals surface area contributed by atoms with Gasteiger partial charge in [-0.3, -0.25) is 0 Å². The topological polar surface area (TPSA) is 81.9 Å². The fourth-order valence-electron chi connectivity index (χ4n) is 2.14. The maximum atomic E-state index is 11.6. The van der Waals surface area contributed by atoms with Crippen molar-refractivity contribution in [2.45, 2.75) is 6.54 Å². The Morgan fingerprint density at radius 2 is 2.00 bits per heavy atom. The molecule has 0 saturated carbocycles. The van der Waals surface area contributed by atoms with E-state index in [2.05, 4.69) is 20.8 Å². The molecule has 1 heterocycles. The third-order valence-corrected chi connectivity index (χ3v) is 3.27. The van der Waals surface area contributed by atoms with Gasteiger partial charge < -0.3 is 10.1 Å². The third kappa shape index (κ3) is 3.34. The second-order valence-electron chi connectivity index (χ2n) is 4.77. The van der Waals surface area contributed by atoms with E-state index in [9.17, 15) is 4.79 Å². The Morgan fingerprint density at radius 3 is 2.78 bits per heavy atom. The Morgan fingerprint density at radius 1 is 1.17 bits per heavy atom. The SMILES string of the molecule is COC(=O)c1cccc(NCc2nnnn2-c2ccccc2)c1. The molecule has 23 heavy (non-hydrogen) atoms. The van der Waals surface area contributed by atoms with E-state index in [0.717, 1.165) is 11.4 Å². The van der Waals surface area contributed by atoms with Crippen LogP contribution < -0.4 is 5.32 Å². The molecule has 0 atom stereocenters. The Balaban J connectivity index is 1.75. The molecule has 3 rings (SSSR count). The lowest BCUT2D eigenvalue weighted by molar-refractivity contribution is 0.0601. The zero-order valence-corrected chi connectivity index (χ0v) is 12.5. The summed E-state index contributed by atoms with van der Waals surface area (Å²) in [5, 5.41) is 15.0. The van der Waals surface area contributed by atoms with Crippen molar-refractivity contribution < 1.29 is 9.53 Å². The van der Waals surface area contributed by atoms with Crippen molar-refractivity contribution in [2.24, 2.45) is 0 Å². The molecule has 116 valence electrons. The highest BCUT2D eigenvalue weighted by atomic mass is 16.5. The minimum Gasteiger partial charge on any atom is -0.465 e. The van der Waals surface area contributed by atoms with Crippen molar-refractivity contribution in [3.63, 3.8) is 0 Å². The molecule has 7 heteroatoms. The average molecular weight is 309 g/mol. The third-order valence-electron chi connectivity index (χ3n) is 3.27. The summed E-state index contributed by atoms with van der Waals surface area (Å²) >= 11 is 0. The molecule has 0 unspecified atom stereocenters. The van der Waals surface area contributed by atoms with Crippen molar-refractivity contribution in [3.8, 4) is 5.69 Å². The number of tetrazole rings is 1. The number of rotatable bonds is 5. The van der Waals surface area contributed by atoms with Gasteiger partial charge in [-0.25, -0.2) is 4.79 Å². The van der Waals surface area contributed by atoms with Gasteiger partial charge in [-0.1, -0.05) is 24.3 Å². The molecule has 0 bridgehead atoms. The van der Waals surface area contributed by atoms with Crippen LogP contribution in [0.4, 0.5) is 5.69 Å². The van der Waals surface area contributed by atoms with E-state index >= 15 is 0 Å². The molecule has 0 amide bonds. The normalized spacial score (nSPS) is 10.3. The molecule has 0 aliphatic heterocycles. The lowest BCUT2D eigenvalue weighted by Crippen LogP contribution is -2.09. The highest BCUT2D eigenvalue weighted by molar-refractivity contribution is 5.90. The quantitative estimate of drug-likeness (QED) is 0.727. The van der Waals surface area contributed by atoms with Crippen LogP contribution >= 0.6 is 0 Å². The molecule has 0 spiro atoms. The smallest absolute Gasteiger partial charge is 0.337 e. The van der Waals surface area contributed by atoms with Crippen LogP contribution in [-0.2, 0) is 11.3 Å². The molecule has 0 fully saturated rings. The summed E-state index contributed by atoms with van der Waals surface area (Å²) in [4.78, 5) is 11.6. The second kappa shape index (κ2) is 6.69. The largest absolute Gasteiger partial charge is 0.465 e. The summed E-state index contributed by atoms with van der Waals surface area (Å²) in [6.45, 7) is 0.423. The van der Waals surface area contributed by atoms with Gasteiger partial charge in [0.2, 0.25) is 0 Å². The summed E-state index contributed by atoms with van der Waals surface area (Å²) in [6.07, 6.45) is 0. The Hall–Kier alpha value is -3.22. The van der Waals surface area contributed by atoms with Gasteiger partial charge in [0.1, 0.15) is 0 Å². The van der Waals surface area contributed by atoms with Crippen molar-refractivity contribution in [3.05, 3.63) is 66.0 Å². The second-order valence-corrected chi connectivity index (χ2v) is 4.77. The molecule has 0 saturated heterocycles. The van der Waals surface area contributed by atoms with Gasteiger partial charge in [-0.05, 0) is 40.8 Å². The number of hydrogen-bond acceptors (Lipinski definition) is 6. The molecule has 0 aliphatic carbocycles. The van der Waals surface area contributed by atoms with Gasteiger partial charge in [0.15, 0.2) is 5.82 Å². The van der Waals surface area contributed by atoms with Gasteiger partial charge >= 0.3 is 5.97 Å². The molecule has 3 aromatic rings. The zero-order chi connectivity index (χ0) is 16.1. The van der Waals surface area contributed by atoms with E-state index < -0.39 is 0 Å². The number of carbonyl (C=O) groups is 1. The van der Waals surface area contributed by atoms with Crippen LogP contribution in [0.25, 0.3) is 5.69 Å². The monoisotopic (exact) mass is 309 g/mol. The minimum absolute atomic E-state index is 0.372. The van der Waals surface area contributed by atoms with Crippen molar-refractivity contribution in [1.29, 1.82) is 0 Å². The van der Waals surface area contributed by atoms with Crippen LogP contribution in [0.3, 0.4) is 0 Å². The summed E-state index contributed by atoms with van der Waals surface area (Å²) in [7, 11) is 1.36. The van der Waals surface area contributed by atoms with Gasteiger partial charge in [0.05, 0.1) is 24.9 Å². The van der Waals surface area contributed by atoms with Crippen LogP contribution in [-0.4, -0.2) is 33.3 Å². The van der Waals surface area contributed by atoms with E-state index in [0.29, 0.717) is 17.9 Å². The predicted molar refractivity (Wildman–Crippen MR) is 84.3 cm³/mol. The fraction of sp³-hybridized carbons (Fsp3) is 0.125. The molecule has 1 N–H and O–H groups in total. The van der Waals surface area contributed by atoms with Gasteiger partial charge in [-0.2, -0.15) is 4.68 Å². The first-order valence-electron chi connectivity index (χ1n) is 7.03. The number of esters is 1. The average Bonchev–Trinajstić information content (AvgIpc) is 3.09. The van der Waals surface area contributed by atoms with E-state index in [1.807, 2.05) is 36.4 Å². The number of anilines is 1. The number of aromatic nitrogens is 4.